The Balaban J connectivity index is 0.00000392. The maximum Gasteiger partial charge on any atom is 0.258 e. The molecular weight excluding hydrogens is 383 g/mol. The van der Waals surface area contributed by atoms with Gasteiger partial charge in [-0.3, -0.25) is 4.79 Å². The molecule has 0 spiro atoms. The Labute approximate surface area is 172 Å². The summed E-state index contributed by atoms with van der Waals surface area (Å²) in [5.74, 6) is 0.660. The number of carbonyl (C=O) groups is 1. The predicted molar refractivity (Wildman–Crippen MR) is 111 cm³/mol. The fourth-order valence-corrected chi connectivity index (χ4v) is 2.49. The largest absolute Gasteiger partial charge is 0.493 e. The smallest absolute Gasteiger partial charge is 0.258 e. The molecule has 0 atom stereocenters. The normalized spacial score (nSPS) is 10.8. The summed E-state index contributed by atoms with van der Waals surface area (Å²) in [5.41, 5.74) is 1.72. The lowest BCUT2D eigenvalue weighted by Gasteiger charge is -2.20. The molecule has 0 aliphatic carbocycles. The SMILES string of the molecule is COc1cc(CNCc2ccc(F)cc2)ccc1OCC(=O)NC(C)(C)C.Cl. The molecule has 0 bridgehead atoms. The molecule has 5 nitrogen and oxygen atoms in total. The maximum atomic E-state index is 12.9. The van der Waals surface area contributed by atoms with Crippen LogP contribution in [0.5, 0.6) is 11.5 Å². The highest BCUT2D eigenvalue weighted by molar-refractivity contribution is 5.85. The van der Waals surface area contributed by atoms with Crippen molar-refractivity contribution in [3.63, 3.8) is 0 Å². The Bertz CT molecular complexity index is 761. The van der Waals surface area contributed by atoms with Crippen LogP contribution >= 0.6 is 12.4 Å². The molecule has 7 heteroatoms. The summed E-state index contributed by atoms with van der Waals surface area (Å²) in [6.07, 6.45) is 0. The van der Waals surface area contributed by atoms with Crippen LogP contribution in [0.4, 0.5) is 4.39 Å². The minimum Gasteiger partial charge on any atom is -0.493 e. The monoisotopic (exact) mass is 410 g/mol. The van der Waals surface area contributed by atoms with Crippen molar-refractivity contribution in [2.75, 3.05) is 13.7 Å². The summed E-state index contributed by atoms with van der Waals surface area (Å²) in [4.78, 5) is 11.9. The highest BCUT2D eigenvalue weighted by Gasteiger charge is 2.15. The minimum atomic E-state index is -0.301. The number of amides is 1. The predicted octanol–water partition coefficient (Wildman–Crippen LogP) is 3.84. The van der Waals surface area contributed by atoms with Gasteiger partial charge in [0.1, 0.15) is 5.82 Å². The summed E-state index contributed by atoms with van der Waals surface area (Å²) in [6, 6.07) is 12.0. The average molecular weight is 411 g/mol. The quantitative estimate of drug-likeness (QED) is 0.694. The van der Waals surface area contributed by atoms with Gasteiger partial charge in [0, 0.05) is 18.6 Å². The number of rotatable bonds is 8. The fraction of sp³-hybridized carbons (Fsp3) is 0.381. The molecule has 154 valence electrons. The second-order valence-corrected chi connectivity index (χ2v) is 7.30. The molecule has 1 amide bonds. The molecule has 2 aromatic carbocycles. The van der Waals surface area contributed by atoms with E-state index in [1.165, 1.54) is 12.1 Å². The lowest BCUT2D eigenvalue weighted by molar-refractivity contribution is -0.124. The maximum absolute atomic E-state index is 12.9. The van der Waals surface area contributed by atoms with Crippen LogP contribution in [0.2, 0.25) is 0 Å². The van der Waals surface area contributed by atoms with E-state index in [4.69, 9.17) is 9.47 Å². The van der Waals surface area contributed by atoms with Crippen molar-refractivity contribution in [3.05, 3.63) is 59.4 Å². The molecule has 2 aromatic rings. The summed E-state index contributed by atoms with van der Waals surface area (Å²) in [5, 5.41) is 6.15. The van der Waals surface area contributed by atoms with E-state index in [1.54, 1.807) is 25.3 Å². The molecule has 0 fully saturated rings. The standard InChI is InChI=1S/C21H27FN2O3.ClH/c1-21(2,3)24-20(25)14-27-18-10-7-16(11-19(18)26-4)13-23-12-15-5-8-17(22)9-6-15;/h5-11,23H,12-14H2,1-4H3,(H,24,25);1H. The molecule has 28 heavy (non-hydrogen) atoms. The topological polar surface area (TPSA) is 59.6 Å². The van der Waals surface area contributed by atoms with Gasteiger partial charge in [-0.05, 0) is 56.2 Å². The van der Waals surface area contributed by atoms with E-state index in [-0.39, 0.29) is 36.3 Å². The van der Waals surface area contributed by atoms with E-state index in [2.05, 4.69) is 10.6 Å². The first-order chi connectivity index (χ1) is 12.8. The molecule has 2 N–H and O–H groups in total. The third-order valence-corrected chi connectivity index (χ3v) is 3.67. The Hall–Kier alpha value is -2.31. The molecule has 2 rings (SSSR count). The van der Waals surface area contributed by atoms with Crippen LogP contribution in [-0.2, 0) is 17.9 Å². The van der Waals surface area contributed by atoms with E-state index in [1.807, 2.05) is 32.9 Å². The average Bonchev–Trinajstić information content (AvgIpc) is 2.60. The van der Waals surface area contributed by atoms with Crippen molar-refractivity contribution < 1.29 is 18.7 Å². The van der Waals surface area contributed by atoms with Crippen LogP contribution in [-0.4, -0.2) is 25.2 Å². The molecule has 0 saturated carbocycles. The molecular formula is C21H28ClFN2O3. The number of carbonyl (C=O) groups excluding carboxylic acids is 1. The van der Waals surface area contributed by atoms with Crippen LogP contribution in [0.3, 0.4) is 0 Å². The van der Waals surface area contributed by atoms with Crippen LogP contribution in [0.1, 0.15) is 31.9 Å². The van der Waals surface area contributed by atoms with E-state index in [9.17, 15) is 9.18 Å². The van der Waals surface area contributed by atoms with Gasteiger partial charge in [-0.15, -0.1) is 12.4 Å². The van der Waals surface area contributed by atoms with Crippen molar-refractivity contribution in [3.8, 4) is 11.5 Å². The molecule has 0 unspecified atom stereocenters. The van der Waals surface area contributed by atoms with E-state index in [0.717, 1.165) is 11.1 Å². The summed E-state index contributed by atoms with van der Waals surface area (Å²) < 4.78 is 23.9. The Kier molecular flexibility index (Phi) is 9.22. The van der Waals surface area contributed by atoms with Crippen molar-refractivity contribution in [1.82, 2.24) is 10.6 Å². The second kappa shape index (κ2) is 10.9. The minimum absolute atomic E-state index is 0. The summed E-state index contributed by atoms with van der Waals surface area (Å²) in [6.45, 7) is 6.93. The zero-order valence-electron chi connectivity index (χ0n) is 16.7. The number of hydrogen-bond acceptors (Lipinski definition) is 4. The van der Waals surface area contributed by atoms with Gasteiger partial charge >= 0.3 is 0 Å². The van der Waals surface area contributed by atoms with E-state index >= 15 is 0 Å². The third kappa shape index (κ3) is 8.15. The first-order valence-corrected chi connectivity index (χ1v) is 8.83. The molecule has 0 radical (unpaired) electrons. The van der Waals surface area contributed by atoms with Gasteiger partial charge in [-0.1, -0.05) is 18.2 Å². The number of methoxy groups -OCH3 is 1. The highest BCUT2D eigenvalue weighted by Crippen LogP contribution is 2.28. The van der Waals surface area contributed by atoms with Crippen LogP contribution in [0.15, 0.2) is 42.5 Å². The summed E-state index contributed by atoms with van der Waals surface area (Å²) in [7, 11) is 1.56. The third-order valence-electron chi connectivity index (χ3n) is 3.67. The molecule has 0 aliphatic rings. The van der Waals surface area contributed by atoms with Crippen molar-refractivity contribution in [1.29, 1.82) is 0 Å². The zero-order chi connectivity index (χ0) is 19.9. The van der Waals surface area contributed by atoms with Crippen LogP contribution in [0, 0.1) is 5.82 Å². The number of benzene rings is 2. The summed E-state index contributed by atoms with van der Waals surface area (Å²) >= 11 is 0. The van der Waals surface area contributed by atoms with Crippen LogP contribution in [0.25, 0.3) is 0 Å². The van der Waals surface area contributed by atoms with Gasteiger partial charge in [-0.25, -0.2) is 4.39 Å². The van der Waals surface area contributed by atoms with Gasteiger partial charge in [0.15, 0.2) is 18.1 Å². The van der Waals surface area contributed by atoms with Gasteiger partial charge in [0.05, 0.1) is 7.11 Å². The lowest BCUT2D eigenvalue weighted by Crippen LogP contribution is -2.43. The number of nitrogens with one attached hydrogen (secondary N) is 2. The first kappa shape index (κ1) is 23.7. The van der Waals surface area contributed by atoms with Gasteiger partial charge in [0.25, 0.3) is 5.91 Å². The Morgan fingerprint density at radius 1 is 1.00 bits per heavy atom. The molecule has 0 aliphatic heterocycles. The highest BCUT2D eigenvalue weighted by atomic mass is 35.5. The Morgan fingerprint density at radius 2 is 1.61 bits per heavy atom. The first-order valence-electron chi connectivity index (χ1n) is 8.83. The van der Waals surface area contributed by atoms with Gasteiger partial charge < -0.3 is 20.1 Å². The molecule has 0 saturated heterocycles. The van der Waals surface area contributed by atoms with Crippen molar-refractivity contribution >= 4 is 18.3 Å². The van der Waals surface area contributed by atoms with Gasteiger partial charge in [-0.2, -0.15) is 0 Å². The van der Waals surface area contributed by atoms with Gasteiger partial charge in [0.2, 0.25) is 0 Å². The van der Waals surface area contributed by atoms with E-state index in [0.29, 0.717) is 24.6 Å². The molecule has 0 heterocycles. The Morgan fingerprint density at radius 3 is 2.21 bits per heavy atom. The zero-order valence-corrected chi connectivity index (χ0v) is 17.5. The van der Waals surface area contributed by atoms with E-state index < -0.39 is 0 Å². The molecule has 0 aromatic heterocycles. The van der Waals surface area contributed by atoms with Crippen molar-refractivity contribution in [2.45, 2.75) is 39.4 Å². The lowest BCUT2D eigenvalue weighted by atomic mass is 10.1. The fourth-order valence-electron chi connectivity index (χ4n) is 2.49. The van der Waals surface area contributed by atoms with Crippen LogP contribution < -0.4 is 20.1 Å². The number of ether oxygens (including phenoxy) is 2. The van der Waals surface area contributed by atoms with Crippen molar-refractivity contribution in [2.24, 2.45) is 0 Å². The second-order valence-electron chi connectivity index (χ2n) is 7.30. The number of hydrogen-bond donors (Lipinski definition) is 2. The number of halogens is 2.